The van der Waals surface area contributed by atoms with Crippen molar-refractivity contribution >= 4 is 22.7 Å². The number of nitrogens with zero attached hydrogens (tertiary/aromatic N) is 4. The maximum absolute atomic E-state index is 5.45. The number of ether oxygens (including phenoxy) is 1. The second-order valence-corrected chi connectivity index (χ2v) is 8.59. The van der Waals surface area contributed by atoms with Gasteiger partial charge < -0.3 is 9.72 Å². The first-order chi connectivity index (χ1) is 14.8. The summed E-state index contributed by atoms with van der Waals surface area (Å²) in [5.41, 5.74) is 4.48. The normalized spacial score (nSPS) is 15.1. The average molecular weight is 420 g/mol. The van der Waals surface area contributed by atoms with Gasteiger partial charge in [0.2, 0.25) is 0 Å². The zero-order valence-corrected chi connectivity index (χ0v) is 17.9. The number of aromatic amines is 1. The molecule has 0 atom stereocenters. The smallest absolute Gasteiger partial charge is 0.196 e. The minimum Gasteiger partial charge on any atom is -0.379 e. The molecule has 3 heterocycles. The van der Waals surface area contributed by atoms with Gasteiger partial charge in [-0.05, 0) is 30.7 Å². The number of hydrogen-bond acceptors (Lipinski definition) is 5. The van der Waals surface area contributed by atoms with Gasteiger partial charge in [-0.2, -0.15) is 0 Å². The summed E-state index contributed by atoms with van der Waals surface area (Å²) in [5.74, 6) is 1.84. The van der Waals surface area contributed by atoms with Crippen LogP contribution in [0.3, 0.4) is 0 Å². The minimum atomic E-state index is 0.828. The number of H-pyrrole nitrogens is 1. The topological polar surface area (TPSA) is 59.0 Å². The van der Waals surface area contributed by atoms with Crippen LogP contribution >= 0.6 is 11.8 Å². The van der Waals surface area contributed by atoms with Crippen molar-refractivity contribution in [1.82, 2.24) is 24.6 Å². The predicted octanol–water partition coefficient (Wildman–Crippen LogP) is 4.15. The molecule has 0 aliphatic carbocycles. The molecule has 0 spiro atoms. The molecule has 0 unspecified atom stereocenters. The first-order valence-corrected chi connectivity index (χ1v) is 11.3. The van der Waals surface area contributed by atoms with Gasteiger partial charge >= 0.3 is 0 Å². The van der Waals surface area contributed by atoms with Crippen LogP contribution in [0.2, 0.25) is 0 Å². The van der Waals surface area contributed by atoms with Crippen LogP contribution in [0.4, 0.5) is 0 Å². The van der Waals surface area contributed by atoms with E-state index in [1.54, 1.807) is 11.8 Å². The lowest BCUT2D eigenvalue weighted by molar-refractivity contribution is 0.0410. The predicted molar refractivity (Wildman–Crippen MR) is 121 cm³/mol. The van der Waals surface area contributed by atoms with E-state index < -0.39 is 0 Å². The van der Waals surface area contributed by atoms with Gasteiger partial charge in [0.15, 0.2) is 11.0 Å². The highest BCUT2D eigenvalue weighted by molar-refractivity contribution is 7.99. The highest BCUT2D eigenvalue weighted by Gasteiger charge is 2.19. The van der Waals surface area contributed by atoms with Gasteiger partial charge in [-0.1, -0.05) is 42.1 Å². The van der Waals surface area contributed by atoms with Crippen molar-refractivity contribution in [2.75, 3.05) is 38.6 Å². The molecule has 0 amide bonds. The van der Waals surface area contributed by atoms with Crippen LogP contribution < -0.4 is 0 Å². The number of aryl methyl sites for hydroxylation is 1. The summed E-state index contributed by atoms with van der Waals surface area (Å²) < 4.78 is 7.64. The van der Waals surface area contributed by atoms with Crippen LogP contribution in [0.5, 0.6) is 0 Å². The van der Waals surface area contributed by atoms with Crippen molar-refractivity contribution in [3.63, 3.8) is 0 Å². The highest BCUT2D eigenvalue weighted by atomic mass is 32.2. The zero-order chi connectivity index (χ0) is 20.3. The summed E-state index contributed by atoms with van der Waals surface area (Å²) in [4.78, 5) is 5.81. The molecule has 1 N–H and O–H groups in total. The summed E-state index contributed by atoms with van der Waals surface area (Å²) in [6, 6.07) is 16.8. The molecule has 2 aromatic carbocycles. The Hall–Kier alpha value is -2.61. The Labute approximate surface area is 180 Å². The number of morpholine rings is 1. The summed E-state index contributed by atoms with van der Waals surface area (Å²) in [6.45, 7) is 6.81. The van der Waals surface area contributed by atoms with E-state index in [-0.39, 0.29) is 0 Å². The second-order valence-electron chi connectivity index (χ2n) is 7.53. The lowest BCUT2D eigenvalue weighted by Crippen LogP contribution is -2.37. The van der Waals surface area contributed by atoms with E-state index >= 15 is 0 Å². The van der Waals surface area contributed by atoms with Crippen LogP contribution in [-0.2, 0) is 4.74 Å². The molecule has 1 aliphatic heterocycles. The molecule has 30 heavy (non-hydrogen) atoms. The van der Waals surface area contributed by atoms with Crippen molar-refractivity contribution in [1.29, 1.82) is 0 Å². The van der Waals surface area contributed by atoms with Crippen LogP contribution in [0.15, 0.2) is 59.9 Å². The molecule has 5 rings (SSSR count). The number of nitrogens with one attached hydrogen (secondary N) is 1. The molecule has 1 saturated heterocycles. The van der Waals surface area contributed by atoms with Crippen molar-refractivity contribution in [3.8, 4) is 17.1 Å². The molecule has 1 fully saturated rings. The summed E-state index contributed by atoms with van der Waals surface area (Å²) in [5, 5.41) is 11.3. The Bertz CT molecular complexity index is 1150. The van der Waals surface area contributed by atoms with E-state index in [4.69, 9.17) is 4.74 Å². The molecule has 7 heteroatoms. The summed E-state index contributed by atoms with van der Waals surface area (Å²) >= 11 is 1.76. The largest absolute Gasteiger partial charge is 0.379 e. The fourth-order valence-electron chi connectivity index (χ4n) is 3.89. The highest BCUT2D eigenvalue weighted by Crippen LogP contribution is 2.32. The van der Waals surface area contributed by atoms with Gasteiger partial charge in [0.25, 0.3) is 0 Å². The van der Waals surface area contributed by atoms with E-state index in [0.29, 0.717) is 0 Å². The minimum absolute atomic E-state index is 0.828. The standard InChI is InChI=1S/C23H25N5OS/c1-17-5-4-6-18(15-17)28-22(20-16-24-21-8-3-2-7-19(20)21)25-26-23(28)30-14-11-27-9-12-29-13-10-27/h2-8,15-16,24H,9-14H2,1H3. The first-order valence-electron chi connectivity index (χ1n) is 10.3. The van der Waals surface area contributed by atoms with Gasteiger partial charge in [-0.3, -0.25) is 9.47 Å². The molecule has 0 saturated carbocycles. The van der Waals surface area contributed by atoms with Crippen LogP contribution in [0, 0.1) is 6.92 Å². The molecule has 1 aliphatic rings. The van der Waals surface area contributed by atoms with Gasteiger partial charge in [0, 0.05) is 53.7 Å². The monoisotopic (exact) mass is 419 g/mol. The Morgan fingerprint density at radius 1 is 1.07 bits per heavy atom. The maximum atomic E-state index is 5.45. The second kappa shape index (κ2) is 8.63. The SMILES string of the molecule is Cc1cccc(-n2c(SCCN3CCOCC3)nnc2-c2c[nH]c3ccccc23)c1. The average Bonchev–Trinajstić information content (AvgIpc) is 3.38. The molecular formula is C23H25N5OS. The van der Waals surface area contributed by atoms with E-state index in [0.717, 1.165) is 71.7 Å². The number of hydrogen-bond donors (Lipinski definition) is 1. The number of aromatic nitrogens is 4. The van der Waals surface area contributed by atoms with Crippen LogP contribution in [0.25, 0.3) is 28.0 Å². The van der Waals surface area contributed by atoms with E-state index in [1.165, 1.54) is 5.56 Å². The Morgan fingerprint density at radius 3 is 2.80 bits per heavy atom. The number of fused-ring (bicyclic) bond motifs is 1. The van der Waals surface area contributed by atoms with Gasteiger partial charge in [0.05, 0.1) is 13.2 Å². The number of para-hydroxylation sites is 1. The van der Waals surface area contributed by atoms with Crippen molar-refractivity contribution in [2.24, 2.45) is 0 Å². The molecule has 0 bridgehead atoms. The molecule has 6 nitrogen and oxygen atoms in total. The third kappa shape index (κ3) is 3.88. The Kier molecular flexibility index (Phi) is 5.57. The fourth-order valence-corrected chi connectivity index (χ4v) is 4.84. The van der Waals surface area contributed by atoms with E-state index in [9.17, 15) is 0 Å². The zero-order valence-electron chi connectivity index (χ0n) is 17.0. The molecular weight excluding hydrogens is 394 g/mol. The van der Waals surface area contributed by atoms with Crippen molar-refractivity contribution in [2.45, 2.75) is 12.1 Å². The molecule has 154 valence electrons. The fraction of sp³-hybridized carbons (Fsp3) is 0.304. The van der Waals surface area contributed by atoms with E-state index in [2.05, 4.69) is 74.0 Å². The lowest BCUT2D eigenvalue weighted by Gasteiger charge is -2.26. The summed E-state index contributed by atoms with van der Waals surface area (Å²) in [6.07, 6.45) is 2.03. The van der Waals surface area contributed by atoms with Crippen molar-refractivity contribution in [3.05, 3.63) is 60.3 Å². The summed E-state index contributed by atoms with van der Waals surface area (Å²) in [7, 11) is 0. The van der Waals surface area contributed by atoms with Crippen LogP contribution in [-0.4, -0.2) is 63.2 Å². The first kappa shape index (κ1) is 19.4. The van der Waals surface area contributed by atoms with E-state index in [1.807, 2.05) is 12.3 Å². The molecule has 2 aromatic heterocycles. The van der Waals surface area contributed by atoms with Crippen LogP contribution in [0.1, 0.15) is 5.56 Å². The van der Waals surface area contributed by atoms with Gasteiger partial charge in [0.1, 0.15) is 0 Å². The Balaban J connectivity index is 1.49. The Morgan fingerprint density at radius 2 is 1.93 bits per heavy atom. The third-order valence-corrected chi connectivity index (χ3v) is 6.37. The van der Waals surface area contributed by atoms with Gasteiger partial charge in [-0.15, -0.1) is 10.2 Å². The molecule has 4 aromatic rings. The maximum Gasteiger partial charge on any atom is 0.196 e. The number of rotatable bonds is 6. The lowest BCUT2D eigenvalue weighted by atomic mass is 10.1. The third-order valence-electron chi connectivity index (χ3n) is 5.47. The molecule has 0 radical (unpaired) electrons. The van der Waals surface area contributed by atoms with Crippen molar-refractivity contribution < 1.29 is 4.74 Å². The number of thioether (sulfide) groups is 1. The van der Waals surface area contributed by atoms with Gasteiger partial charge in [-0.25, -0.2) is 0 Å². The quantitative estimate of drug-likeness (QED) is 0.476. The number of benzene rings is 2.